The molecule has 0 amide bonds. The van der Waals surface area contributed by atoms with E-state index >= 15 is 0 Å². The van der Waals surface area contributed by atoms with E-state index in [4.69, 9.17) is 22.1 Å². The van der Waals surface area contributed by atoms with Gasteiger partial charge in [0.15, 0.2) is 0 Å². The number of pyridine rings is 2. The molecule has 0 atom stereocenters. The Kier molecular flexibility index (Phi) is 6.78. The second kappa shape index (κ2) is 8.66. The molecule has 0 aliphatic rings. The maximum atomic E-state index is 13.3. The fraction of sp³-hybridized carbons (Fsp3) is 0.105. The smallest absolute Gasteiger partial charge is 0.341 e. The third-order valence-electron chi connectivity index (χ3n) is 3.81. The van der Waals surface area contributed by atoms with Gasteiger partial charge in [0.1, 0.15) is 22.4 Å². The predicted molar refractivity (Wildman–Crippen MR) is 104 cm³/mol. The van der Waals surface area contributed by atoms with Crippen LogP contribution in [0.25, 0.3) is 22.4 Å². The Labute approximate surface area is 177 Å². The zero-order chi connectivity index (χ0) is 18.8. The van der Waals surface area contributed by atoms with Crippen LogP contribution in [-0.2, 0) is 4.74 Å². The number of aryl methyl sites for hydroxylation is 1. The minimum atomic E-state index is -0.598. The average Bonchev–Trinajstić information content (AvgIpc) is 2.60. The number of rotatable bonds is 3. The van der Waals surface area contributed by atoms with Crippen LogP contribution in [0.15, 0.2) is 42.5 Å². The topological polar surface area (TPSA) is 78.1 Å². The summed E-state index contributed by atoms with van der Waals surface area (Å²) in [4.78, 5) is 20.5. The van der Waals surface area contributed by atoms with Crippen molar-refractivity contribution >= 4 is 47.3 Å². The zero-order valence-electron chi connectivity index (χ0n) is 14.6. The van der Waals surface area contributed by atoms with Gasteiger partial charge >= 0.3 is 5.97 Å². The number of aromatic nitrogens is 2. The quantitative estimate of drug-likeness (QED) is 0.342. The number of methoxy groups -OCH3 is 1. The van der Waals surface area contributed by atoms with E-state index in [1.165, 1.54) is 19.2 Å². The number of halogens is 2. The van der Waals surface area contributed by atoms with Crippen LogP contribution in [0, 0.1) is 12.7 Å². The van der Waals surface area contributed by atoms with E-state index in [1.807, 2.05) is 6.07 Å². The van der Waals surface area contributed by atoms with Crippen LogP contribution in [0.4, 0.5) is 10.2 Å². The van der Waals surface area contributed by atoms with Crippen molar-refractivity contribution in [3.63, 3.8) is 0 Å². The molecule has 0 saturated heterocycles. The number of carbonyl (C=O) groups excluding carboxylic acids is 1. The molecule has 2 heterocycles. The van der Waals surface area contributed by atoms with Gasteiger partial charge in [0.05, 0.1) is 12.8 Å². The SMILES string of the molecule is COC(=O)c1cc(-c2cc(C)nc(Cl)c2)c(-c2ccc(F)cc2)nc1N.[Sn]. The Morgan fingerprint density at radius 1 is 1.11 bits per heavy atom. The number of nitrogen functional groups attached to an aromatic ring is 1. The summed E-state index contributed by atoms with van der Waals surface area (Å²) in [5.74, 6) is -0.937. The second-order valence-electron chi connectivity index (χ2n) is 5.64. The van der Waals surface area contributed by atoms with Crippen molar-refractivity contribution in [2.75, 3.05) is 12.8 Å². The summed E-state index contributed by atoms with van der Waals surface area (Å²) in [6, 6.07) is 10.9. The van der Waals surface area contributed by atoms with Gasteiger partial charge in [-0.25, -0.2) is 19.2 Å². The molecule has 1 aromatic carbocycles. The molecule has 0 aliphatic heterocycles. The van der Waals surface area contributed by atoms with Crippen LogP contribution in [0.3, 0.4) is 0 Å². The Hall–Kier alpha value is -2.19. The van der Waals surface area contributed by atoms with Crippen LogP contribution >= 0.6 is 11.6 Å². The first-order valence-electron chi connectivity index (χ1n) is 7.68. The number of benzene rings is 1. The molecular weight excluding hydrogens is 475 g/mol. The summed E-state index contributed by atoms with van der Waals surface area (Å²) in [5, 5.41) is 0.307. The van der Waals surface area contributed by atoms with E-state index in [9.17, 15) is 9.18 Å². The van der Waals surface area contributed by atoms with Crippen molar-refractivity contribution in [2.45, 2.75) is 6.92 Å². The molecule has 0 saturated carbocycles. The zero-order valence-corrected chi connectivity index (χ0v) is 18.2. The molecule has 2 N–H and O–H groups in total. The van der Waals surface area contributed by atoms with Crippen molar-refractivity contribution < 1.29 is 13.9 Å². The summed E-state index contributed by atoms with van der Waals surface area (Å²) >= 11 is 6.08. The Bertz CT molecular complexity index is 977. The van der Waals surface area contributed by atoms with Crippen molar-refractivity contribution in [2.24, 2.45) is 0 Å². The summed E-state index contributed by atoms with van der Waals surface area (Å²) < 4.78 is 18.1. The average molecular weight is 491 g/mol. The standard InChI is InChI=1S/C19H15ClFN3O2.Sn/c1-10-7-12(8-16(20)23-10)14-9-15(19(25)26-2)18(22)24-17(14)11-3-5-13(21)6-4-11;/h3-9H,1-2H3,(H2,22,24);. The van der Waals surface area contributed by atoms with Crippen molar-refractivity contribution in [1.82, 2.24) is 9.97 Å². The number of carbonyl (C=O) groups is 1. The molecule has 5 nitrogen and oxygen atoms in total. The molecule has 2 aromatic heterocycles. The minimum absolute atomic E-state index is 0. The molecular formula is C19H15ClFN3O2Sn. The maximum Gasteiger partial charge on any atom is 0.341 e. The van der Waals surface area contributed by atoms with Crippen molar-refractivity contribution in [3.05, 3.63) is 64.7 Å². The Morgan fingerprint density at radius 3 is 2.37 bits per heavy atom. The Balaban J connectivity index is 0.00000261. The van der Waals surface area contributed by atoms with Gasteiger partial charge in [-0.1, -0.05) is 11.6 Å². The summed E-state index contributed by atoms with van der Waals surface area (Å²) in [6.07, 6.45) is 0. The van der Waals surface area contributed by atoms with Crippen LogP contribution in [0.1, 0.15) is 16.1 Å². The van der Waals surface area contributed by atoms with Gasteiger partial charge in [0, 0.05) is 40.7 Å². The van der Waals surface area contributed by atoms with Crippen molar-refractivity contribution in [1.29, 1.82) is 0 Å². The first-order chi connectivity index (χ1) is 12.4. The van der Waals surface area contributed by atoms with Gasteiger partial charge < -0.3 is 10.5 Å². The molecule has 0 bridgehead atoms. The van der Waals surface area contributed by atoms with E-state index < -0.39 is 5.97 Å². The van der Waals surface area contributed by atoms with Crippen LogP contribution in [-0.4, -0.2) is 47.0 Å². The summed E-state index contributed by atoms with van der Waals surface area (Å²) in [6.45, 7) is 1.80. The largest absolute Gasteiger partial charge is 0.465 e. The summed E-state index contributed by atoms with van der Waals surface area (Å²) in [5.41, 5.74) is 9.25. The first kappa shape index (κ1) is 21.1. The Morgan fingerprint density at radius 2 is 1.78 bits per heavy atom. The van der Waals surface area contributed by atoms with Gasteiger partial charge in [-0.05, 0) is 55.0 Å². The van der Waals surface area contributed by atoms with E-state index in [0.717, 1.165) is 0 Å². The normalized spacial score (nSPS) is 10.2. The molecule has 8 heteroatoms. The molecule has 0 unspecified atom stereocenters. The van der Waals surface area contributed by atoms with Crippen LogP contribution in [0.2, 0.25) is 5.15 Å². The number of nitrogens with two attached hydrogens (primary N) is 1. The maximum absolute atomic E-state index is 13.3. The molecule has 0 aliphatic carbocycles. The molecule has 4 radical (unpaired) electrons. The first-order valence-corrected chi connectivity index (χ1v) is 8.06. The van der Waals surface area contributed by atoms with Crippen LogP contribution < -0.4 is 5.73 Å². The number of anilines is 1. The number of hydrogen-bond acceptors (Lipinski definition) is 5. The van der Waals surface area contributed by atoms with Gasteiger partial charge in [0.2, 0.25) is 0 Å². The van der Waals surface area contributed by atoms with Gasteiger partial charge in [-0.15, -0.1) is 0 Å². The summed E-state index contributed by atoms with van der Waals surface area (Å²) in [7, 11) is 1.27. The van der Waals surface area contributed by atoms with Gasteiger partial charge in [-0.2, -0.15) is 0 Å². The fourth-order valence-electron chi connectivity index (χ4n) is 2.63. The molecule has 136 valence electrons. The fourth-order valence-corrected chi connectivity index (χ4v) is 2.88. The number of hydrogen-bond donors (Lipinski definition) is 1. The molecule has 3 aromatic rings. The van der Waals surface area contributed by atoms with E-state index in [-0.39, 0.29) is 41.1 Å². The number of nitrogens with zero attached hydrogens (tertiary/aromatic N) is 2. The second-order valence-corrected chi connectivity index (χ2v) is 6.02. The van der Waals surface area contributed by atoms with Crippen LogP contribution in [0.5, 0.6) is 0 Å². The molecule has 0 fully saturated rings. The third-order valence-corrected chi connectivity index (χ3v) is 4.00. The van der Waals surface area contributed by atoms with Crippen molar-refractivity contribution in [3.8, 4) is 22.4 Å². The molecule has 27 heavy (non-hydrogen) atoms. The van der Waals surface area contributed by atoms with Gasteiger partial charge in [0.25, 0.3) is 0 Å². The van der Waals surface area contributed by atoms with E-state index in [1.54, 1.807) is 31.2 Å². The van der Waals surface area contributed by atoms with Gasteiger partial charge in [-0.3, -0.25) is 0 Å². The monoisotopic (exact) mass is 491 g/mol. The number of esters is 1. The molecule has 0 spiro atoms. The van der Waals surface area contributed by atoms with E-state index in [0.29, 0.717) is 33.2 Å². The number of ether oxygens (including phenoxy) is 1. The molecule has 3 rings (SSSR count). The predicted octanol–water partition coefficient (Wildman–Crippen LogP) is 3.90. The third kappa shape index (κ3) is 4.56. The van der Waals surface area contributed by atoms with E-state index in [2.05, 4.69) is 9.97 Å². The minimum Gasteiger partial charge on any atom is -0.465 e.